The molecule has 3 aromatic carbocycles. The number of benzene rings is 3. The normalized spacial score (nSPS) is 10.7. The van der Waals surface area contributed by atoms with Crippen molar-refractivity contribution in [2.45, 2.75) is 27.7 Å². The predicted octanol–water partition coefficient (Wildman–Crippen LogP) is 6.25. The lowest BCUT2D eigenvalue weighted by atomic mass is 9.94. The van der Waals surface area contributed by atoms with Crippen LogP contribution in [0.15, 0.2) is 60.7 Å². The Bertz CT molecular complexity index is 808. The predicted molar refractivity (Wildman–Crippen MR) is 96.3 cm³/mol. The zero-order valence-electron chi connectivity index (χ0n) is 13.8. The molecule has 0 amide bonds. The van der Waals surface area contributed by atoms with Crippen molar-refractivity contribution in [3.05, 3.63) is 82.9 Å². The molecule has 0 aliphatic carbocycles. The van der Waals surface area contributed by atoms with Crippen LogP contribution in [0.3, 0.4) is 0 Å². The maximum absolute atomic E-state index is 2.29. The van der Waals surface area contributed by atoms with Crippen LogP contribution >= 0.6 is 0 Å². The summed E-state index contributed by atoms with van der Waals surface area (Å²) >= 11 is 0. The first-order chi connectivity index (χ1) is 10.5. The van der Waals surface area contributed by atoms with E-state index in [0.29, 0.717) is 0 Å². The van der Waals surface area contributed by atoms with E-state index >= 15 is 0 Å². The van der Waals surface area contributed by atoms with Crippen molar-refractivity contribution in [3.8, 4) is 22.3 Å². The molecule has 0 aliphatic rings. The van der Waals surface area contributed by atoms with Gasteiger partial charge in [0.25, 0.3) is 0 Å². The lowest BCUT2D eigenvalue weighted by Crippen LogP contribution is -1.87. The number of rotatable bonds is 2. The van der Waals surface area contributed by atoms with Crippen LogP contribution in [0.2, 0.25) is 0 Å². The van der Waals surface area contributed by atoms with Crippen molar-refractivity contribution >= 4 is 0 Å². The third-order valence-corrected chi connectivity index (χ3v) is 4.43. The van der Waals surface area contributed by atoms with Gasteiger partial charge in [0.2, 0.25) is 0 Å². The molecule has 110 valence electrons. The molecule has 0 heterocycles. The Morgan fingerprint density at radius 1 is 0.455 bits per heavy atom. The molecule has 0 N–H and O–H groups in total. The minimum absolute atomic E-state index is 1.29. The van der Waals surface area contributed by atoms with Crippen molar-refractivity contribution in [1.29, 1.82) is 0 Å². The minimum atomic E-state index is 1.29. The monoisotopic (exact) mass is 286 g/mol. The quantitative estimate of drug-likeness (QED) is 0.522. The highest BCUT2D eigenvalue weighted by Gasteiger charge is 2.05. The fourth-order valence-corrected chi connectivity index (χ4v) is 2.82. The fraction of sp³-hybridized carbons (Fsp3) is 0.182. The smallest absolute Gasteiger partial charge is 0.0154 e. The largest absolute Gasteiger partial charge is 0.0587 e. The maximum Gasteiger partial charge on any atom is -0.0154 e. The van der Waals surface area contributed by atoms with Crippen LogP contribution in [0.5, 0.6) is 0 Å². The van der Waals surface area contributed by atoms with E-state index in [1.165, 1.54) is 44.5 Å². The highest BCUT2D eigenvalue weighted by atomic mass is 14.1. The Balaban J connectivity index is 2.01. The molecule has 0 heteroatoms. The first kappa shape index (κ1) is 14.6. The molecule has 0 saturated heterocycles. The molecule has 0 nitrogen and oxygen atoms in total. The molecule has 0 aliphatic heterocycles. The average Bonchev–Trinajstić information content (AvgIpc) is 2.51. The third kappa shape index (κ3) is 2.82. The summed E-state index contributed by atoms with van der Waals surface area (Å²) in [6, 6.07) is 22.2. The first-order valence-electron chi connectivity index (χ1n) is 7.80. The van der Waals surface area contributed by atoms with Crippen molar-refractivity contribution in [2.24, 2.45) is 0 Å². The van der Waals surface area contributed by atoms with Gasteiger partial charge in [0.05, 0.1) is 0 Å². The van der Waals surface area contributed by atoms with Crippen molar-refractivity contribution in [3.63, 3.8) is 0 Å². The Labute approximate surface area is 133 Å². The summed E-state index contributed by atoms with van der Waals surface area (Å²) in [5.74, 6) is 0. The average molecular weight is 286 g/mol. The third-order valence-electron chi connectivity index (χ3n) is 4.43. The highest BCUT2D eigenvalue weighted by Crippen LogP contribution is 2.29. The Hall–Kier alpha value is -2.34. The van der Waals surface area contributed by atoms with E-state index in [2.05, 4.69) is 88.4 Å². The van der Waals surface area contributed by atoms with Gasteiger partial charge in [-0.1, -0.05) is 66.2 Å². The molecule has 0 fully saturated rings. The van der Waals surface area contributed by atoms with E-state index < -0.39 is 0 Å². The molecule has 0 atom stereocenters. The van der Waals surface area contributed by atoms with Crippen LogP contribution in [0, 0.1) is 27.7 Å². The van der Waals surface area contributed by atoms with Crippen LogP contribution in [0.25, 0.3) is 22.3 Å². The lowest BCUT2D eigenvalue weighted by Gasteiger charge is -2.11. The zero-order valence-corrected chi connectivity index (χ0v) is 13.8. The lowest BCUT2D eigenvalue weighted by molar-refractivity contribution is 1.34. The second kappa shape index (κ2) is 5.81. The standard InChI is InChI=1S/C22H22/c1-15-5-8-19(9-6-15)22-12-11-21(14-18(22)4)20-10-7-16(2)17(3)13-20/h5-14H,1-4H3. The van der Waals surface area contributed by atoms with Gasteiger partial charge in [-0.2, -0.15) is 0 Å². The van der Waals surface area contributed by atoms with E-state index in [1.54, 1.807) is 0 Å². The summed E-state index contributed by atoms with van der Waals surface area (Å²) in [6.45, 7) is 8.65. The van der Waals surface area contributed by atoms with Crippen LogP contribution in [0.4, 0.5) is 0 Å². The molecule has 3 rings (SSSR count). The summed E-state index contributed by atoms with van der Waals surface area (Å²) < 4.78 is 0. The van der Waals surface area contributed by atoms with Crippen LogP contribution < -0.4 is 0 Å². The molecule has 0 aromatic heterocycles. The molecule has 0 bridgehead atoms. The van der Waals surface area contributed by atoms with Gasteiger partial charge in [-0.25, -0.2) is 0 Å². The number of hydrogen-bond donors (Lipinski definition) is 0. The van der Waals surface area contributed by atoms with Gasteiger partial charge in [-0.3, -0.25) is 0 Å². The zero-order chi connectivity index (χ0) is 15.7. The first-order valence-corrected chi connectivity index (χ1v) is 7.80. The van der Waals surface area contributed by atoms with Crippen LogP contribution in [-0.4, -0.2) is 0 Å². The summed E-state index contributed by atoms with van der Waals surface area (Å²) in [4.78, 5) is 0. The Morgan fingerprint density at radius 2 is 1.00 bits per heavy atom. The summed E-state index contributed by atoms with van der Waals surface area (Å²) in [5.41, 5.74) is 10.5. The van der Waals surface area contributed by atoms with E-state index in [9.17, 15) is 0 Å². The van der Waals surface area contributed by atoms with Gasteiger partial charge in [-0.15, -0.1) is 0 Å². The van der Waals surface area contributed by atoms with Crippen molar-refractivity contribution in [2.75, 3.05) is 0 Å². The minimum Gasteiger partial charge on any atom is -0.0587 e. The topological polar surface area (TPSA) is 0 Å². The second-order valence-corrected chi connectivity index (χ2v) is 6.19. The molecular weight excluding hydrogens is 264 g/mol. The molecular formula is C22H22. The fourth-order valence-electron chi connectivity index (χ4n) is 2.82. The molecule has 0 unspecified atom stereocenters. The number of hydrogen-bond acceptors (Lipinski definition) is 0. The molecule has 0 spiro atoms. The van der Waals surface area contributed by atoms with E-state index in [1.807, 2.05) is 0 Å². The van der Waals surface area contributed by atoms with Crippen molar-refractivity contribution in [1.82, 2.24) is 0 Å². The summed E-state index contributed by atoms with van der Waals surface area (Å²) in [5, 5.41) is 0. The van der Waals surface area contributed by atoms with Gasteiger partial charge in [-0.05, 0) is 66.6 Å². The van der Waals surface area contributed by atoms with Crippen LogP contribution in [-0.2, 0) is 0 Å². The van der Waals surface area contributed by atoms with Gasteiger partial charge >= 0.3 is 0 Å². The van der Waals surface area contributed by atoms with Gasteiger partial charge < -0.3 is 0 Å². The van der Waals surface area contributed by atoms with Crippen LogP contribution in [0.1, 0.15) is 22.3 Å². The molecule has 0 radical (unpaired) electrons. The molecule has 0 saturated carbocycles. The van der Waals surface area contributed by atoms with Gasteiger partial charge in [0.15, 0.2) is 0 Å². The maximum atomic E-state index is 2.29. The van der Waals surface area contributed by atoms with Gasteiger partial charge in [0.1, 0.15) is 0 Å². The van der Waals surface area contributed by atoms with Crippen molar-refractivity contribution < 1.29 is 0 Å². The Kier molecular flexibility index (Phi) is 3.85. The summed E-state index contributed by atoms with van der Waals surface area (Å²) in [6.07, 6.45) is 0. The van der Waals surface area contributed by atoms with E-state index in [-0.39, 0.29) is 0 Å². The highest BCUT2D eigenvalue weighted by molar-refractivity contribution is 5.74. The molecule has 22 heavy (non-hydrogen) atoms. The molecule has 3 aromatic rings. The number of aryl methyl sites for hydroxylation is 4. The van der Waals surface area contributed by atoms with E-state index in [4.69, 9.17) is 0 Å². The second-order valence-electron chi connectivity index (χ2n) is 6.19. The van der Waals surface area contributed by atoms with E-state index in [0.717, 1.165) is 0 Å². The Morgan fingerprint density at radius 3 is 1.59 bits per heavy atom. The summed E-state index contributed by atoms with van der Waals surface area (Å²) in [7, 11) is 0. The van der Waals surface area contributed by atoms with Gasteiger partial charge in [0, 0.05) is 0 Å². The SMILES string of the molecule is Cc1ccc(-c2ccc(-c3ccc(C)c(C)c3)cc2C)cc1.